The standard InChI is InChI=1S/C18H19BrO4/c1-13(2)23-17-9-8-14(19)12-16(17)18(20)22-11-10-21-15-6-4-3-5-7-15/h3-9,12-13H,10-11H2,1-2H3. The lowest BCUT2D eigenvalue weighted by atomic mass is 10.2. The van der Waals surface area contributed by atoms with Crippen LogP contribution in [0.1, 0.15) is 24.2 Å². The first-order valence-corrected chi connectivity index (χ1v) is 8.16. The molecule has 0 heterocycles. The molecule has 4 nitrogen and oxygen atoms in total. The molecule has 0 saturated carbocycles. The van der Waals surface area contributed by atoms with Crippen molar-refractivity contribution in [3.8, 4) is 11.5 Å². The van der Waals surface area contributed by atoms with E-state index in [1.165, 1.54) is 0 Å². The fraction of sp³-hybridized carbons (Fsp3) is 0.278. The second kappa shape index (κ2) is 8.58. The van der Waals surface area contributed by atoms with Crippen molar-refractivity contribution in [3.05, 3.63) is 58.6 Å². The first-order chi connectivity index (χ1) is 11.1. The van der Waals surface area contributed by atoms with E-state index in [0.717, 1.165) is 10.2 Å². The van der Waals surface area contributed by atoms with E-state index >= 15 is 0 Å². The summed E-state index contributed by atoms with van der Waals surface area (Å²) in [5.41, 5.74) is 0.396. The number of carbonyl (C=O) groups is 1. The van der Waals surface area contributed by atoms with Gasteiger partial charge in [-0.2, -0.15) is 0 Å². The Morgan fingerprint density at radius 3 is 2.52 bits per heavy atom. The first kappa shape index (κ1) is 17.3. The van der Waals surface area contributed by atoms with Crippen molar-refractivity contribution < 1.29 is 19.0 Å². The summed E-state index contributed by atoms with van der Waals surface area (Å²) < 4.78 is 17.2. The van der Waals surface area contributed by atoms with Gasteiger partial charge in [-0.05, 0) is 44.2 Å². The van der Waals surface area contributed by atoms with Crippen LogP contribution < -0.4 is 9.47 Å². The minimum absolute atomic E-state index is 0.0239. The van der Waals surface area contributed by atoms with Gasteiger partial charge >= 0.3 is 5.97 Å². The van der Waals surface area contributed by atoms with Crippen molar-refractivity contribution in [1.29, 1.82) is 0 Å². The number of carbonyl (C=O) groups excluding carboxylic acids is 1. The van der Waals surface area contributed by atoms with Crippen LogP contribution in [0, 0.1) is 0 Å². The molecule has 2 aromatic rings. The molecule has 0 fully saturated rings. The van der Waals surface area contributed by atoms with Crippen LogP contribution in [0.3, 0.4) is 0 Å². The van der Waals surface area contributed by atoms with Gasteiger partial charge in [-0.1, -0.05) is 34.1 Å². The number of rotatable bonds is 7. The normalized spacial score (nSPS) is 10.4. The lowest BCUT2D eigenvalue weighted by Crippen LogP contribution is -2.15. The number of halogens is 1. The highest BCUT2D eigenvalue weighted by atomic mass is 79.9. The quantitative estimate of drug-likeness (QED) is 0.526. The fourth-order valence-corrected chi connectivity index (χ4v) is 2.27. The minimum atomic E-state index is -0.432. The summed E-state index contributed by atoms with van der Waals surface area (Å²) >= 11 is 3.36. The van der Waals surface area contributed by atoms with E-state index in [-0.39, 0.29) is 12.7 Å². The number of hydrogen-bond donors (Lipinski definition) is 0. The van der Waals surface area contributed by atoms with Crippen LogP contribution in [0.25, 0.3) is 0 Å². The molecule has 0 N–H and O–H groups in total. The zero-order valence-corrected chi connectivity index (χ0v) is 14.7. The average molecular weight is 379 g/mol. The molecule has 0 radical (unpaired) electrons. The summed E-state index contributed by atoms with van der Waals surface area (Å²) in [7, 11) is 0. The van der Waals surface area contributed by atoms with Crippen LogP contribution in [0.2, 0.25) is 0 Å². The summed E-state index contributed by atoms with van der Waals surface area (Å²) in [5, 5.41) is 0. The number of para-hydroxylation sites is 1. The van der Waals surface area contributed by atoms with Crippen LogP contribution in [0.15, 0.2) is 53.0 Å². The van der Waals surface area contributed by atoms with Crippen molar-refractivity contribution in [3.63, 3.8) is 0 Å². The Hall–Kier alpha value is -2.01. The third-order valence-electron chi connectivity index (χ3n) is 2.85. The van der Waals surface area contributed by atoms with E-state index in [1.807, 2.05) is 50.2 Å². The second-order valence-electron chi connectivity index (χ2n) is 5.10. The maximum atomic E-state index is 12.2. The van der Waals surface area contributed by atoms with E-state index < -0.39 is 5.97 Å². The first-order valence-electron chi connectivity index (χ1n) is 7.37. The van der Waals surface area contributed by atoms with Crippen molar-refractivity contribution in [1.82, 2.24) is 0 Å². The van der Waals surface area contributed by atoms with Crippen molar-refractivity contribution >= 4 is 21.9 Å². The monoisotopic (exact) mass is 378 g/mol. The van der Waals surface area contributed by atoms with E-state index in [2.05, 4.69) is 15.9 Å². The van der Waals surface area contributed by atoms with Crippen LogP contribution in [0.4, 0.5) is 0 Å². The Balaban J connectivity index is 1.91. The lowest BCUT2D eigenvalue weighted by Gasteiger charge is -2.14. The summed E-state index contributed by atoms with van der Waals surface area (Å²) in [6.07, 6.45) is -0.0239. The van der Waals surface area contributed by atoms with Gasteiger partial charge in [0.25, 0.3) is 0 Å². The van der Waals surface area contributed by atoms with Crippen molar-refractivity contribution in [2.75, 3.05) is 13.2 Å². The predicted octanol–water partition coefficient (Wildman–Crippen LogP) is 4.47. The van der Waals surface area contributed by atoms with Gasteiger partial charge in [0, 0.05) is 4.47 Å². The Morgan fingerprint density at radius 1 is 1.09 bits per heavy atom. The van der Waals surface area contributed by atoms with Gasteiger partial charge < -0.3 is 14.2 Å². The summed E-state index contributed by atoms with van der Waals surface area (Å²) in [6.45, 7) is 4.28. The smallest absolute Gasteiger partial charge is 0.342 e. The Bertz CT molecular complexity index is 641. The maximum Gasteiger partial charge on any atom is 0.342 e. The molecule has 2 rings (SSSR count). The molecule has 0 saturated heterocycles. The molecule has 0 amide bonds. The number of ether oxygens (including phenoxy) is 3. The molecular weight excluding hydrogens is 360 g/mol. The van der Waals surface area contributed by atoms with Gasteiger partial charge in [0.2, 0.25) is 0 Å². The highest BCUT2D eigenvalue weighted by Crippen LogP contribution is 2.25. The van der Waals surface area contributed by atoms with Gasteiger partial charge in [0.15, 0.2) is 0 Å². The zero-order chi connectivity index (χ0) is 16.7. The predicted molar refractivity (Wildman–Crippen MR) is 92.1 cm³/mol. The van der Waals surface area contributed by atoms with Gasteiger partial charge in [0.1, 0.15) is 30.3 Å². The van der Waals surface area contributed by atoms with Gasteiger partial charge in [0.05, 0.1) is 6.10 Å². The molecule has 0 aromatic heterocycles. The number of esters is 1. The topological polar surface area (TPSA) is 44.8 Å². The van der Waals surface area contributed by atoms with Crippen LogP contribution in [-0.2, 0) is 4.74 Å². The molecule has 0 spiro atoms. The number of hydrogen-bond acceptors (Lipinski definition) is 4. The summed E-state index contributed by atoms with van der Waals surface area (Å²) in [5.74, 6) is 0.825. The second-order valence-corrected chi connectivity index (χ2v) is 6.02. The zero-order valence-electron chi connectivity index (χ0n) is 13.1. The van der Waals surface area contributed by atoms with Crippen LogP contribution in [0.5, 0.6) is 11.5 Å². The maximum absolute atomic E-state index is 12.2. The Morgan fingerprint density at radius 2 is 1.83 bits per heavy atom. The molecule has 122 valence electrons. The third kappa shape index (κ3) is 5.60. The highest BCUT2D eigenvalue weighted by molar-refractivity contribution is 9.10. The fourth-order valence-electron chi connectivity index (χ4n) is 1.91. The molecule has 0 atom stereocenters. The average Bonchev–Trinajstić information content (AvgIpc) is 2.53. The van der Waals surface area contributed by atoms with Crippen molar-refractivity contribution in [2.24, 2.45) is 0 Å². The van der Waals surface area contributed by atoms with Gasteiger partial charge in [-0.25, -0.2) is 4.79 Å². The van der Waals surface area contributed by atoms with Gasteiger partial charge in [-0.15, -0.1) is 0 Å². The molecule has 0 aliphatic heterocycles. The molecular formula is C18H19BrO4. The lowest BCUT2D eigenvalue weighted by molar-refractivity contribution is 0.0444. The molecule has 2 aromatic carbocycles. The van der Waals surface area contributed by atoms with Crippen molar-refractivity contribution in [2.45, 2.75) is 20.0 Å². The molecule has 0 bridgehead atoms. The molecule has 0 aliphatic rings. The largest absolute Gasteiger partial charge is 0.490 e. The molecule has 23 heavy (non-hydrogen) atoms. The van der Waals surface area contributed by atoms with Crippen LogP contribution >= 0.6 is 15.9 Å². The van der Waals surface area contributed by atoms with E-state index in [9.17, 15) is 4.79 Å². The van der Waals surface area contributed by atoms with Gasteiger partial charge in [-0.3, -0.25) is 0 Å². The Labute approximate surface area is 144 Å². The minimum Gasteiger partial charge on any atom is -0.490 e. The van der Waals surface area contributed by atoms with Crippen LogP contribution in [-0.4, -0.2) is 25.3 Å². The molecule has 0 aliphatic carbocycles. The van der Waals surface area contributed by atoms with E-state index in [0.29, 0.717) is 17.9 Å². The Kier molecular flexibility index (Phi) is 6.47. The molecule has 5 heteroatoms. The SMILES string of the molecule is CC(C)Oc1ccc(Br)cc1C(=O)OCCOc1ccccc1. The van der Waals surface area contributed by atoms with E-state index in [1.54, 1.807) is 12.1 Å². The summed E-state index contributed by atoms with van der Waals surface area (Å²) in [4.78, 5) is 12.2. The number of benzene rings is 2. The van der Waals surface area contributed by atoms with E-state index in [4.69, 9.17) is 14.2 Å². The molecule has 0 unspecified atom stereocenters. The highest BCUT2D eigenvalue weighted by Gasteiger charge is 2.15. The third-order valence-corrected chi connectivity index (χ3v) is 3.35. The summed E-state index contributed by atoms with van der Waals surface area (Å²) in [6, 6.07) is 14.7.